The highest BCUT2D eigenvalue weighted by molar-refractivity contribution is 6.30. The smallest absolute Gasteiger partial charge is 0.326 e. The number of esters is 1. The Hall–Kier alpha value is -2.13. The molecule has 0 saturated heterocycles. The lowest BCUT2D eigenvalue weighted by Crippen LogP contribution is -2.31. The summed E-state index contributed by atoms with van der Waals surface area (Å²) >= 11 is 5.81. The molecular weight excluding hydrogens is 284 g/mol. The fourth-order valence-electron chi connectivity index (χ4n) is 1.70. The Morgan fingerprint density at radius 1 is 1.60 bits per heavy atom. The second-order valence-corrected chi connectivity index (χ2v) is 4.81. The highest BCUT2D eigenvalue weighted by Crippen LogP contribution is 2.30. The summed E-state index contributed by atoms with van der Waals surface area (Å²) in [6, 6.07) is 5.88. The topological polar surface area (TPSA) is 93.2 Å². The highest BCUT2D eigenvalue weighted by Gasteiger charge is 2.37. The molecule has 0 aliphatic heterocycles. The Morgan fingerprint density at radius 2 is 2.25 bits per heavy atom. The third kappa shape index (κ3) is 3.45. The molecule has 0 saturated carbocycles. The van der Waals surface area contributed by atoms with Gasteiger partial charge in [0.1, 0.15) is 0 Å². The van der Waals surface area contributed by atoms with E-state index in [0.717, 1.165) is 0 Å². The van der Waals surface area contributed by atoms with Crippen LogP contribution in [0.2, 0.25) is 5.02 Å². The third-order valence-corrected chi connectivity index (χ3v) is 2.99. The number of nitro benzene ring substituents is 1. The van der Waals surface area contributed by atoms with Gasteiger partial charge in [-0.3, -0.25) is 14.9 Å². The van der Waals surface area contributed by atoms with Crippen molar-refractivity contribution in [2.75, 3.05) is 6.61 Å². The van der Waals surface area contributed by atoms with Crippen molar-refractivity contribution < 1.29 is 14.5 Å². The van der Waals surface area contributed by atoms with E-state index >= 15 is 0 Å². The van der Waals surface area contributed by atoms with E-state index in [0.29, 0.717) is 5.02 Å². The number of ether oxygens (including phenoxy) is 1. The van der Waals surface area contributed by atoms with E-state index < -0.39 is 16.3 Å². The first-order valence-electron chi connectivity index (χ1n) is 5.85. The van der Waals surface area contributed by atoms with Gasteiger partial charge >= 0.3 is 5.97 Å². The molecule has 0 heterocycles. The number of halogens is 1. The first-order chi connectivity index (χ1) is 9.34. The van der Waals surface area contributed by atoms with Gasteiger partial charge in [-0.25, -0.2) is 0 Å². The normalized spacial score (nSPS) is 13.1. The molecule has 0 aliphatic carbocycles. The summed E-state index contributed by atoms with van der Waals surface area (Å²) < 4.78 is 4.84. The monoisotopic (exact) mass is 296 g/mol. The summed E-state index contributed by atoms with van der Waals surface area (Å²) in [6.07, 6.45) is -0.140. The molecule has 0 spiro atoms. The summed E-state index contributed by atoms with van der Waals surface area (Å²) in [6.45, 7) is 3.14. The number of nitro groups is 1. The number of hydrogen-bond acceptors (Lipinski definition) is 5. The number of benzene rings is 1. The van der Waals surface area contributed by atoms with Crippen molar-refractivity contribution >= 4 is 23.3 Å². The third-order valence-electron chi connectivity index (χ3n) is 2.75. The number of nitriles is 1. The van der Waals surface area contributed by atoms with Crippen LogP contribution in [0.5, 0.6) is 0 Å². The van der Waals surface area contributed by atoms with E-state index in [-0.39, 0.29) is 24.3 Å². The van der Waals surface area contributed by atoms with Gasteiger partial charge in [0, 0.05) is 23.1 Å². The molecule has 7 heteroatoms. The molecule has 0 fully saturated rings. The van der Waals surface area contributed by atoms with Crippen molar-refractivity contribution in [3.8, 4) is 6.07 Å². The fraction of sp³-hybridized carbons (Fsp3) is 0.385. The summed E-state index contributed by atoms with van der Waals surface area (Å²) in [7, 11) is 0. The van der Waals surface area contributed by atoms with Crippen LogP contribution in [0.15, 0.2) is 18.2 Å². The SMILES string of the molecule is CCOC(=O)C(C)(C#N)Cc1cc(Cl)ccc1[N+](=O)[O-]. The summed E-state index contributed by atoms with van der Waals surface area (Å²) in [5.41, 5.74) is -1.45. The second kappa shape index (κ2) is 6.35. The first kappa shape index (κ1) is 15.9. The van der Waals surface area contributed by atoms with Crippen LogP contribution in [0.1, 0.15) is 19.4 Å². The number of carbonyl (C=O) groups excluding carboxylic acids is 1. The van der Waals surface area contributed by atoms with Crippen LogP contribution in [0.4, 0.5) is 5.69 Å². The Balaban J connectivity index is 3.19. The van der Waals surface area contributed by atoms with Crippen LogP contribution in [-0.2, 0) is 16.0 Å². The largest absolute Gasteiger partial charge is 0.465 e. The van der Waals surface area contributed by atoms with Crippen LogP contribution in [0.3, 0.4) is 0 Å². The maximum Gasteiger partial charge on any atom is 0.326 e. The van der Waals surface area contributed by atoms with E-state index in [1.54, 1.807) is 6.92 Å². The standard InChI is InChI=1S/C13H13ClN2O4/c1-3-20-12(17)13(2,8-15)7-9-6-10(14)4-5-11(9)16(18)19/h4-6H,3,7H2,1-2H3. The van der Waals surface area contributed by atoms with Crippen LogP contribution < -0.4 is 0 Å². The molecule has 1 aromatic carbocycles. The maximum atomic E-state index is 11.8. The minimum Gasteiger partial charge on any atom is -0.465 e. The Kier molecular flexibility index (Phi) is 5.06. The molecule has 6 nitrogen and oxygen atoms in total. The molecule has 1 aromatic rings. The molecule has 0 radical (unpaired) electrons. The molecule has 0 aliphatic rings. The lowest BCUT2D eigenvalue weighted by molar-refractivity contribution is -0.385. The average Bonchev–Trinajstić information content (AvgIpc) is 2.38. The number of hydrogen-bond donors (Lipinski definition) is 0. The molecule has 1 rings (SSSR count). The molecule has 20 heavy (non-hydrogen) atoms. The average molecular weight is 297 g/mol. The molecule has 0 aromatic heterocycles. The number of carbonyl (C=O) groups is 1. The summed E-state index contributed by atoms with van der Waals surface area (Å²) in [5, 5.41) is 20.5. The minimum atomic E-state index is -1.49. The number of nitrogens with zero attached hydrogens (tertiary/aromatic N) is 2. The quantitative estimate of drug-likeness (QED) is 0.473. The van der Waals surface area contributed by atoms with E-state index in [9.17, 15) is 20.2 Å². The van der Waals surface area contributed by atoms with Crippen molar-refractivity contribution in [2.45, 2.75) is 20.3 Å². The molecule has 0 amide bonds. The Bertz CT molecular complexity index is 582. The van der Waals surface area contributed by atoms with Gasteiger partial charge in [0.15, 0.2) is 5.41 Å². The van der Waals surface area contributed by atoms with E-state index in [1.807, 2.05) is 6.07 Å². The van der Waals surface area contributed by atoms with Gasteiger partial charge in [-0.1, -0.05) is 11.6 Å². The Labute approximate surface area is 121 Å². The molecule has 0 bridgehead atoms. The predicted molar refractivity (Wildman–Crippen MR) is 72.2 cm³/mol. The van der Waals surface area contributed by atoms with Gasteiger partial charge in [-0.05, 0) is 26.0 Å². The number of rotatable bonds is 5. The fourth-order valence-corrected chi connectivity index (χ4v) is 1.90. The molecule has 1 unspecified atom stereocenters. The maximum absolute atomic E-state index is 11.8. The summed E-state index contributed by atoms with van der Waals surface area (Å²) in [4.78, 5) is 22.2. The van der Waals surface area contributed by atoms with Crippen LogP contribution >= 0.6 is 11.6 Å². The minimum absolute atomic E-state index is 0.133. The van der Waals surface area contributed by atoms with Crippen molar-refractivity contribution in [3.63, 3.8) is 0 Å². The van der Waals surface area contributed by atoms with Gasteiger partial charge in [-0.2, -0.15) is 5.26 Å². The first-order valence-corrected chi connectivity index (χ1v) is 6.23. The van der Waals surface area contributed by atoms with Crippen molar-refractivity contribution in [1.29, 1.82) is 5.26 Å². The zero-order valence-electron chi connectivity index (χ0n) is 11.1. The lowest BCUT2D eigenvalue weighted by Gasteiger charge is -2.19. The van der Waals surface area contributed by atoms with Crippen LogP contribution in [-0.4, -0.2) is 17.5 Å². The summed E-state index contributed by atoms with van der Waals surface area (Å²) in [5.74, 6) is -0.711. The van der Waals surface area contributed by atoms with Crippen molar-refractivity contribution in [2.24, 2.45) is 5.41 Å². The molecule has 1 atom stereocenters. The van der Waals surface area contributed by atoms with Crippen LogP contribution in [0.25, 0.3) is 0 Å². The molecule has 106 valence electrons. The zero-order valence-corrected chi connectivity index (χ0v) is 11.8. The van der Waals surface area contributed by atoms with Gasteiger partial charge in [-0.15, -0.1) is 0 Å². The van der Waals surface area contributed by atoms with Gasteiger partial charge < -0.3 is 4.74 Å². The molecular formula is C13H13ClN2O4. The van der Waals surface area contributed by atoms with E-state index in [2.05, 4.69) is 0 Å². The van der Waals surface area contributed by atoms with Gasteiger partial charge in [0.05, 0.1) is 17.6 Å². The molecule has 0 N–H and O–H groups in total. The zero-order chi connectivity index (χ0) is 15.3. The second-order valence-electron chi connectivity index (χ2n) is 4.37. The van der Waals surface area contributed by atoms with Gasteiger partial charge in [0.25, 0.3) is 5.69 Å². The predicted octanol–water partition coefficient (Wildman–Crippen LogP) is 2.88. The Morgan fingerprint density at radius 3 is 2.75 bits per heavy atom. The lowest BCUT2D eigenvalue weighted by atomic mass is 9.84. The van der Waals surface area contributed by atoms with Gasteiger partial charge in [0.2, 0.25) is 0 Å². The van der Waals surface area contributed by atoms with E-state index in [1.165, 1.54) is 25.1 Å². The van der Waals surface area contributed by atoms with Crippen LogP contribution in [0, 0.1) is 26.9 Å². The van der Waals surface area contributed by atoms with Crippen molar-refractivity contribution in [3.05, 3.63) is 38.9 Å². The van der Waals surface area contributed by atoms with E-state index in [4.69, 9.17) is 16.3 Å². The van der Waals surface area contributed by atoms with Crippen molar-refractivity contribution in [1.82, 2.24) is 0 Å². The highest BCUT2D eigenvalue weighted by atomic mass is 35.5.